The van der Waals surface area contributed by atoms with E-state index in [0.29, 0.717) is 18.9 Å². The van der Waals surface area contributed by atoms with E-state index in [2.05, 4.69) is 4.98 Å². The van der Waals surface area contributed by atoms with Gasteiger partial charge in [-0.2, -0.15) is 0 Å². The Kier molecular flexibility index (Phi) is 4.44. The molecular formula is C10H18N4O2S. The van der Waals surface area contributed by atoms with Gasteiger partial charge >= 0.3 is 0 Å². The molecule has 2 N–H and O–H groups in total. The van der Waals surface area contributed by atoms with E-state index >= 15 is 0 Å². The van der Waals surface area contributed by atoms with Gasteiger partial charge in [-0.3, -0.25) is 0 Å². The summed E-state index contributed by atoms with van der Waals surface area (Å²) >= 11 is 0. The zero-order chi connectivity index (χ0) is 13.1. The van der Waals surface area contributed by atoms with Crippen LogP contribution in [0.4, 0.5) is 5.82 Å². The summed E-state index contributed by atoms with van der Waals surface area (Å²) < 4.78 is 24.7. The van der Waals surface area contributed by atoms with E-state index in [1.165, 1.54) is 20.3 Å². The Morgan fingerprint density at radius 3 is 2.35 bits per heavy atom. The molecule has 0 aliphatic heterocycles. The van der Waals surface area contributed by atoms with Crippen LogP contribution in [0.1, 0.15) is 0 Å². The van der Waals surface area contributed by atoms with Crippen LogP contribution in [0.5, 0.6) is 0 Å². The number of pyridine rings is 1. The highest BCUT2D eigenvalue weighted by molar-refractivity contribution is 7.89. The molecule has 1 aromatic rings. The first-order valence-corrected chi connectivity index (χ1v) is 6.63. The minimum Gasteiger partial charge on any atom is -0.358 e. The van der Waals surface area contributed by atoms with Crippen molar-refractivity contribution in [2.75, 3.05) is 39.1 Å². The largest absolute Gasteiger partial charge is 0.358 e. The average molecular weight is 258 g/mol. The maximum atomic E-state index is 11.8. The maximum Gasteiger partial charge on any atom is 0.244 e. The molecule has 0 amide bonds. The van der Waals surface area contributed by atoms with Gasteiger partial charge in [-0.05, 0) is 12.1 Å². The van der Waals surface area contributed by atoms with E-state index < -0.39 is 10.0 Å². The predicted molar refractivity (Wildman–Crippen MR) is 67.4 cm³/mol. The Balaban J connectivity index is 2.96. The second-order valence-corrected chi connectivity index (χ2v) is 6.00. The normalized spacial score (nSPS) is 11.8. The van der Waals surface area contributed by atoms with Gasteiger partial charge < -0.3 is 10.6 Å². The number of aromatic nitrogens is 1. The Morgan fingerprint density at radius 2 is 1.94 bits per heavy atom. The van der Waals surface area contributed by atoms with Crippen molar-refractivity contribution in [3.8, 4) is 0 Å². The summed E-state index contributed by atoms with van der Waals surface area (Å²) in [5.74, 6) is 0.702. The molecule has 1 aromatic heterocycles. The molecule has 6 nitrogen and oxygen atoms in total. The van der Waals surface area contributed by atoms with Crippen LogP contribution in [0.3, 0.4) is 0 Å². The van der Waals surface area contributed by atoms with Gasteiger partial charge in [0.1, 0.15) is 10.7 Å². The van der Waals surface area contributed by atoms with Crippen LogP contribution in [0, 0.1) is 0 Å². The van der Waals surface area contributed by atoms with Crippen LogP contribution in [-0.4, -0.2) is 51.9 Å². The molecule has 1 heterocycles. The number of likely N-dealkylation sites (N-methyl/N-ethyl adjacent to an activating group) is 1. The molecule has 96 valence electrons. The molecule has 0 radical (unpaired) electrons. The first kappa shape index (κ1) is 13.9. The van der Waals surface area contributed by atoms with Crippen LogP contribution in [-0.2, 0) is 10.0 Å². The highest BCUT2D eigenvalue weighted by Crippen LogP contribution is 2.15. The van der Waals surface area contributed by atoms with Crippen molar-refractivity contribution in [3.63, 3.8) is 0 Å². The van der Waals surface area contributed by atoms with Gasteiger partial charge in [0.15, 0.2) is 0 Å². The zero-order valence-corrected chi connectivity index (χ0v) is 11.1. The van der Waals surface area contributed by atoms with E-state index in [0.717, 1.165) is 4.31 Å². The fraction of sp³-hybridized carbons (Fsp3) is 0.500. The van der Waals surface area contributed by atoms with Crippen molar-refractivity contribution in [2.24, 2.45) is 5.73 Å². The third-order valence-corrected chi connectivity index (χ3v) is 4.15. The summed E-state index contributed by atoms with van der Waals surface area (Å²) in [4.78, 5) is 6.16. The molecule has 0 aliphatic rings. The lowest BCUT2D eigenvalue weighted by Gasteiger charge is -2.17. The summed E-state index contributed by atoms with van der Waals surface area (Å²) in [5, 5.41) is 0. The summed E-state index contributed by atoms with van der Waals surface area (Å²) in [5.41, 5.74) is 5.43. The molecule has 0 aromatic carbocycles. The van der Waals surface area contributed by atoms with Crippen LogP contribution >= 0.6 is 0 Å². The second-order valence-electron chi connectivity index (χ2n) is 3.85. The predicted octanol–water partition coefficient (Wildman–Crippen LogP) is -0.273. The third-order valence-electron chi connectivity index (χ3n) is 2.35. The van der Waals surface area contributed by atoms with E-state index in [9.17, 15) is 8.42 Å². The van der Waals surface area contributed by atoms with Crippen LogP contribution in [0.2, 0.25) is 0 Å². The lowest BCUT2D eigenvalue weighted by atomic mass is 10.4. The molecule has 0 bridgehead atoms. The minimum absolute atomic E-state index is 0.187. The number of hydrogen-bond acceptors (Lipinski definition) is 5. The topological polar surface area (TPSA) is 79.5 Å². The second kappa shape index (κ2) is 5.44. The maximum absolute atomic E-state index is 11.8. The van der Waals surface area contributed by atoms with Crippen molar-refractivity contribution in [2.45, 2.75) is 4.90 Å². The van der Waals surface area contributed by atoms with Crippen molar-refractivity contribution < 1.29 is 8.42 Å². The minimum atomic E-state index is -3.40. The Bertz CT molecular complexity index is 456. The number of hydrogen-bond donors (Lipinski definition) is 1. The zero-order valence-electron chi connectivity index (χ0n) is 10.3. The fourth-order valence-corrected chi connectivity index (χ4v) is 2.12. The monoisotopic (exact) mass is 258 g/mol. The summed E-state index contributed by atoms with van der Waals surface area (Å²) in [7, 11) is 1.43. The highest BCUT2D eigenvalue weighted by atomic mass is 32.2. The molecule has 0 saturated carbocycles. The van der Waals surface area contributed by atoms with Gasteiger partial charge in [0.05, 0.1) is 0 Å². The lowest BCUT2D eigenvalue weighted by molar-refractivity contribution is 0.520. The molecule has 0 unspecified atom stereocenters. The Hall–Kier alpha value is -1.18. The Morgan fingerprint density at radius 1 is 1.29 bits per heavy atom. The highest BCUT2D eigenvalue weighted by Gasteiger charge is 2.17. The van der Waals surface area contributed by atoms with Crippen LogP contribution in [0.25, 0.3) is 0 Å². The summed E-state index contributed by atoms with van der Waals surface area (Å²) in [6.45, 7) is 1.20. The molecule has 0 spiro atoms. The lowest BCUT2D eigenvalue weighted by Crippen LogP contribution is -2.26. The fourth-order valence-electron chi connectivity index (χ4n) is 1.27. The number of sulfonamides is 1. The average Bonchev–Trinajstić information content (AvgIpc) is 2.29. The molecule has 0 aliphatic carbocycles. The molecular weight excluding hydrogens is 240 g/mol. The number of rotatable bonds is 5. The molecule has 0 saturated heterocycles. The van der Waals surface area contributed by atoms with Gasteiger partial charge in [0.2, 0.25) is 10.0 Å². The van der Waals surface area contributed by atoms with Crippen LogP contribution < -0.4 is 10.6 Å². The number of nitrogens with two attached hydrogens (primary N) is 1. The van der Waals surface area contributed by atoms with Gasteiger partial charge in [0, 0.05) is 40.4 Å². The van der Waals surface area contributed by atoms with Gasteiger partial charge in [-0.25, -0.2) is 17.7 Å². The summed E-state index contributed by atoms with van der Waals surface area (Å²) in [6.07, 6.45) is 1.36. The van der Waals surface area contributed by atoms with Gasteiger partial charge in [-0.15, -0.1) is 0 Å². The molecule has 7 heteroatoms. The molecule has 0 atom stereocenters. The number of nitrogens with zero attached hydrogens (tertiary/aromatic N) is 3. The van der Waals surface area contributed by atoms with Crippen LogP contribution in [0.15, 0.2) is 23.2 Å². The number of anilines is 1. The SMILES string of the molecule is CN(CCN)c1ccc(S(=O)(=O)N(C)C)cn1. The Labute approximate surface area is 102 Å². The van der Waals surface area contributed by atoms with E-state index in [-0.39, 0.29) is 4.90 Å². The van der Waals surface area contributed by atoms with E-state index in [1.807, 2.05) is 11.9 Å². The summed E-state index contributed by atoms with van der Waals surface area (Å²) in [6, 6.07) is 3.22. The van der Waals surface area contributed by atoms with Crippen molar-refractivity contribution >= 4 is 15.8 Å². The first-order chi connectivity index (χ1) is 7.89. The van der Waals surface area contributed by atoms with Crippen molar-refractivity contribution in [1.82, 2.24) is 9.29 Å². The smallest absolute Gasteiger partial charge is 0.244 e. The molecule has 1 rings (SSSR count). The van der Waals surface area contributed by atoms with Crippen molar-refractivity contribution in [1.29, 1.82) is 0 Å². The third kappa shape index (κ3) is 3.15. The molecule has 0 fully saturated rings. The first-order valence-electron chi connectivity index (χ1n) is 5.19. The van der Waals surface area contributed by atoms with E-state index in [4.69, 9.17) is 5.73 Å². The van der Waals surface area contributed by atoms with Gasteiger partial charge in [-0.1, -0.05) is 0 Å². The van der Waals surface area contributed by atoms with Gasteiger partial charge in [0.25, 0.3) is 0 Å². The quantitative estimate of drug-likeness (QED) is 0.786. The van der Waals surface area contributed by atoms with E-state index in [1.54, 1.807) is 12.1 Å². The van der Waals surface area contributed by atoms with Crippen molar-refractivity contribution in [3.05, 3.63) is 18.3 Å². The molecule has 17 heavy (non-hydrogen) atoms. The standard InChI is InChI=1S/C10H18N4O2S/c1-13(2)17(15,16)9-4-5-10(12-8-9)14(3)7-6-11/h4-5,8H,6-7,11H2,1-3H3.